The van der Waals surface area contributed by atoms with Crippen molar-refractivity contribution < 1.29 is 9.53 Å². The minimum atomic E-state index is 0. The van der Waals surface area contributed by atoms with Crippen LogP contribution in [0.25, 0.3) is 0 Å². The zero-order valence-corrected chi connectivity index (χ0v) is 18.9. The van der Waals surface area contributed by atoms with Crippen LogP contribution in [0.1, 0.15) is 27.7 Å². The molecule has 8 heteroatoms. The van der Waals surface area contributed by atoms with E-state index in [4.69, 9.17) is 4.74 Å². The second-order valence-corrected chi connectivity index (χ2v) is 7.32. The lowest BCUT2D eigenvalue weighted by Crippen LogP contribution is -2.51. The molecule has 0 aliphatic carbocycles. The fraction of sp³-hybridized carbons (Fsp3) is 0.882. The number of amides is 1. The molecule has 0 aromatic carbocycles. The maximum absolute atomic E-state index is 11.3. The highest BCUT2D eigenvalue weighted by molar-refractivity contribution is 14.0. The van der Waals surface area contributed by atoms with Crippen molar-refractivity contribution in [1.29, 1.82) is 0 Å². The van der Waals surface area contributed by atoms with Crippen molar-refractivity contribution in [1.82, 2.24) is 20.4 Å². The van der Waals surface area contributed by atoms with Gasteiger partial charge in [-0.3, -0.25) is 14.7 Å². The molecule has 0 aromatic heterocycles. The lowest BCUT2D eigenvalue weighted by molar-refractivity contribution is -0.130. The molecule has 7 nitrogen and oxygen atoms in total. The van der Waals surface area contributed by atoms with E-state index in [2.05, 4.69) is 41.3 Å². The van der Waals surface area contributed by atoms with E-state index in [1.54, 1.807) is 21.1 Å². The number of hydrogen-bond donors (Lipinski definition) is 2. The van der Waals surface area contributed by atoms with E-state index in [9.17, 15) is 4.79 Å². The predicted molar refractivity (Wildman–Crippen MR) is 114 cm³/mol. The number of aliphatic imine (C=N–C) groups is 1. The van der Waals surface area contributed by atoms with Crippen LogP contribution in [-0.4, -0.2) is 87.7 Å². The van der Waals surface area contributed by atoms with Crippen molar-refractivity contribution in [3.05, 3.63) is 0 Å². The number of ether oxygens (including phenoxy) is 1. The first-order valence-corrected chi connectivity index (χ1v) is 8.73. The van der Waals surface area contributed by atoms with Gasteiger partial charge in [-0.2, -0.15) is 0 Å². The summed E-state index contributed by atoms with van der Waals surface area (Å²) in [4.78, 5) is 19.9. The molecule has 1 aliphatic heterocycles. The molecular formula is C17H36IN5O2. The number of nitrogens with zero attached hydrogens (tertiary/aromatic N) is 3. The fourth-order valence-corrected chi connectivity index (χ4v) is 2.77. The largest absolute Gasteiger partial charge is 0.379 e. The highest BCUT2D eigenvalue weighted by Crippen LogP contribution is 2.20. The van der Waals surface area contributed by atoms with Crippen molar-refractivity contribution >= 4 is 35.8 Å². The van der Waals surface area contributed by atoms with Crippen LogP contribution in [0.5, 0.6) is 0 Å². The van der Waals surface area contributed by atoms with Crippen LogP contribution in [0.4, 0.5) is 0 Å². The lowest BCUT2D eigenvalue weighted by Gasteiger charge is -2.34. The minimum absolute atomic E-state index is 0. The summed E-state index contributed by atoms with van der Waals surface area (Å²) in [5.74, 6) is 0.965. The second kappa shape index (κ2) is 11.9. The Morgan fingerprint density at radius 3 is 2.24 bits per heavy atom. The first-order chi connectivity index (χ1) is 11.3. The molecule has 0 saturated carbocycles. The van der Waals surface area contributed by atoms with Crippen LogP contribution < -0.4 is 10.6 Å². The first kappa shape index (κ1) is 24.4. The standard InChI is InChI=1S/C17H35N5O2.HI/c1-14(23)22-11-9-21(10-12-22)8-7-19-16(18-5)20-13-15(24-6)17(2,3)4;/h15H,7-13H2,1-6H3,(H2,18,19,20);1H. The van der Waals surface area contributed by atoms with E-state index < -0.39 is 0 Å². The van der Waals surface area contributed by atoms with Gasteiger partial charge in [0.15, 0.2) is 5.96 Å². The van der Waals surface area contributed by atoms with Crippen molar-refractivity contribution in [2.75, 3.05) is 60.0 Å². The minimum Gasteiger partial charge on any atom is -0.379 e. The zero-order valence-electron chi connectivity index (χ0n) is 16.6. The lowest BCUT2D eigenvalue weighted by atomic mass is 9.89. The number of methoxy groups -OCH3 is 1. The molecule has 1 unspecified atom stereocenters. The molecule has 2 N–H and O–H groups in total. The summed E-state index contributed by atoms with van der Waals surface area (Å²) in [5, 5.41) is 6.67. The number of carbonyl (C=O) groups is 1. The van der Waals surface area contributed by atoms with Crippen molar-refractivity contribution in [3.8, 4) is 0 Å². The third-order valence-electron chi connectivity index (χ3n) is 4.47. The van der Waals surface area contributed by atoms with E-state index in [1.165, 1.54) is 0 Å². The van der Waals surface area contributed by atoms with Gasteiger partial charge >= 0.3 is 0 Å². The number of piperazine rings is 1. The van der Waals surface area contributed by atoms with Gasteiger partial charge in [-0.1, -0.05) is 20.8 Å². The third kappa shape index (κ3) is 9.05. The summed E-state index contributed by atoms with van der Waals surface area (Å²) >= 11 is 0. The number of nitrogens with one attached hydrogen (secondary N) is 2. The molecule has 25 heavy (non-hydrogen) atoms. The molecule has 1 saturated heterocycles. The van der Waals surface area contributed by atoms with Crippen LogP contribution in [-0.2, 0) is 9.53 Å². The monoisotopic (exact) mass is 469 g/mol. The Balaban J connectivity index is 0.00000576. The zero-order chi connectivity index (χ0) is 18.2. The number of hydrogen-bond acceptors (Lipinski definition) is 4. The highest BCUT2D eigenvalue weighted by Gasteiger charge is 2.24. The summed E-state index contributed by atoms with van der Waals surface area (Å²) in [6.45, 7) is 14.1. The van der Waals surface area contributed by atoms with Gasteiger partial charge in [0, 0.05) is 66.9 Å². The van der Waals surface area contributed by atoms with Crippen molar-refractivity contribution in [2.45, 2.75) is 33.8 Å². The Hall–Kier alpha value is -0.610. The van der Waals surface area contributed by atoms with Crippen LogP contribution in [0.15, 0.2) is 4.99 Å². The molecule has 0 aromatic rings. The molecule has 0 radical (unpaired) electrons. The molecule has 0 bridgehead atoms. The number of carbonyl (C=O) groups excluding carboxylic acids is 1. The summed E-state index contributed by atoms with van der Waals surface area (Å²) in [6, 6.07) is 0. The Bertz CT molecular complexity index is 418. The van der Waals surface area contributed by atoms with E-state index >= 15 is 0 Å². The molecule has 1 amide bonds. The second-order valence-electron chi connectivity index (χ2n) is 7.32. The van der Waals surface area contributed by atoms with Crippen LogP contribution >= 0.6 is 24.0 Å². The van der Waals surface area contributed by atoms with E-state index in [1.807, 2.05) is 4.90 Å². The third-order valence-corrected chi connectivity index (χ3v) is 4.47. The van der Waals surface area contributed by atoms with Crippen LogP contribution in [0, 0.1) is 5.41 Å². The maximum Gasteiger partial charge on any atom is 0.219 e. The predicted octanol–water partition coefficient (Wildman–Crippen LogP) is 0.995. The highest BCUT2D eigenvalue weighted by atomic mass is 127. The molecule has 148 valence electrons. The smallest absolute Gasteiger partial charge is 0.219 e. The van der Waals surface area contributed by atoms with Gasteiger partial charge in [-0.15, -0.1) is 24.0 Å². The Morgan fingerprint density at radius 2 is 1.80 bits per heavy atom. The molecule has 1 aliphatic rings. The molecule has 1 heterocycles. The quantitative estimate of drug-likeness (QED) is 0.345. The molecule has 1 rings (SSSR count). The molecular weight excluding hydrogens is 433 g/mol. The fourth-order valence-electron chi connectivity index (χ4n) is 2.77. The van der Waals surface area contributed by atoms with Crippen LogP contribution in [0.3, 0.4) is 0 Å². The van der Waals surface area contributed by atoms with Gasteiger partial charge in [0.25, 0.3) is 0 Å². The van der Waals surface area contributed by atoms with Gasteiger partial charge in [-0.25, -0.2) is 0 Å². The molecule has 1 fully saturated rings. The summed E-state index contributed by atoms with van der Waals surface area (Å²) < 4.78 is 5.55. The maximum atomic E-state index is 11.3. The van der Waals surface area contributed by atoms with Gasteiger partial charge in [0.2, 0.25) is 5.91 Å². The first-order valence-electron chi connectivity index (χ1n) is 8.73. The van der Waals surface area contributed by atoms with Gasteiger partial charge < -0.3 is 20.3 Å². The number of guanidine groups is 1. The normalized spacial score (nSPS) is 17.7. The Labute approximate surface area is 170 Å². The molecule has 0 spiro atoms. The topological polar surface area (TPSA) is 69.2 Å². The van der Waals surface area contributed by atoms with Crippen LogP contribution in [0.2, 0.25) is 0 Å². The summed E-state index contributed by atoms with van der Waals surface area (Å²) in [5.41, 5.74) is 0.0803. The summed E-state index contributed by atoms with van der Waals surface area (Å²) in [6.07, 6.45) is 0.121. The average Bonchev–Trinajstić information content (AvgIpc) is 2.52. The SMILES string of the molecule is CN=C(NCCN1CCN(C(C)=O)CC1)NCC(OC)C(C)(C)C.I. The average molecular weight is 469 g/mol. The van der Waals surface area contributed by atoms with Crippen molar-refractivity contribution in [2.24, 2.45) is 10.4 Å². The van der Waals surface area contributed by atoms with Crippen molar-refractivity contribution in [3.63, 3.8) is 0 Å². The number of rotatable bonds is 6. The Kier molecular flexibility index (Phi) is 11.6. The van der Waals surface area contributed by atoms with E-state index in [0.29, 0.717) is 0 Å². The molecule has 1 atom stereocenters. The Morgan fingerprint density at radius 1 is 1.20 bits per heavy atom. The van der Waals surface area contributed by atoms with Gasteiger partial charge in [0.1, 0.15) is 0 Å². The van der Waals surface area contributed by atoms with E-state index in [-0.39, 0.29) is 41.4 Å². The van der Waals surface area contributed by atoms with Gasteiger partial charge in [-0.05, 0) is 5.41 Å². The van der Waals surface area contributed by atoms with E-state index in [0.717, 1.165) is 51.8 Å². The van der Waals surface area contributed by atoms with Gasteiger partial charge in [0.05, 0.1) is 6.10 Å². The summed E-state index contributed by atoms with van der Waals surface area (Å²) in [7, 11) is 3.52. The number of halogens is 1.